The lowest BCUT2D eigenvalue weighted by Gasteiger charge is -2.31. The average molecular weight is 617 g/mol. The van der Waals surface area contributed by atoms with Gasteiger partial charge < -0.3 is 21.9 Å². The molecular formula is C36H77ClN4O. The number of aliphatic hydroxyl groups excluding tert-OH is 1. The molecule has 0 aromatic heterocycles. The molecule has 1 aliphatic rings. The maximum absolute atomic E-state index is 10.1. The lowest BCUT2D eigenvalue weighted by molar-refractivity contribution is 0.0769. The first-order valence-corrected chi connectivity index (χ1v) is 17.3. The Morgan fingerprint density at radius 2 is 1.50 bits per heavy atom. The Hall–Kier alpha value is -0.850. The van der Waals surface area contributed by atoms with E-state index in [4.69, 9.17) is 17.3 Å². The molecule has 0 aromatic rings. The molecule has 1 rings (SSSR count). The molecule has 1 fully saturated rings. The first-order chi connectivity index (χ1) is 19.9. The average Bonchev–Trinajstić information content (AvgIpc) is 2.96. The number of rotatable bonds is 16. The number of nitrogens with one attached hydrogen (secondary N) is 2. The lowest BCUT2D eigenvalue weighted by Crippen LogP contribution is -2.56. The number of nitrogens with two attached hydrogens (primary N) is 2. The van der Waals surface area contributed by atoms with Gasteiger partial charge in [-0.3, -0.25) is 5.32 Å². The molecule has 0 bridgehead atoms. The van der Waals surface area contributed by atoms with E-state index < -0.39 is 6.23 Å². The third-order valence-electron chi connectivity index (χ3n) is 7.51. The van der Waals surface area contributed by atoms with Gasteiger partial charge in [0.2, 0.25) is 0 Å². The Morgan fingerprint density at radius 1 is 0.976 bits per heavy atom. The number of alkyl halides is 1. The standard InChI is InChI=1S/C14H31N3O.C11H23Cl.C7H14.C2H5N.C2H4/c1-6-8-9-16-11(5)14(18)17-13(10(3)4)12(15)7-2;1-5-7-11(12)10(6-2)8-9(3)4;1-7-5-3-2-4-6-7;1-2-3;1-2/h7,10-14,16-18H,2,6,8-9,15H2,1,3-5H3;9-11H,5-8H2,1-4H3;7H,2-6H2,1H3;2H,1,3H2;1-2H2. The largest absolute Gasteiger partial charge is 0.405 e. The molecule has 6 unspecified atom stereocenters. The van der Waals surface area contributed by atoms with Crippen LogP contribution in [0, 0.1) is 23.7 Å². The van der Waals surface area contributed by atoms with Gasteiger partial charge in [-0.15, -0.1) is 31.3 Å². The zero-order valence-corrected chi connectivity index (χ0v) is 30.4. The fraction of sp³-hybridized carbons (Fsp3) is 0.833. The van der Waals surface area contributed by atoms with Crippen LogP contribution in [0.25, 0.3) is 0 Å². The highest BCUT2D eigenvalue weighted by molar-refractivity contribution is 6.20. The van der Waals surface area contributed by atoms with Crippen LogP contribution in [0.1, 0.15) is 133 Å². The molecule has 0 saturated heterocycles. The number of hydrogen-bond acceptors (Lipinski definition) is 5. The molecule has 1 saturated carbocycles. The van der Waals surface area contributed by atoms with E-state index in [1.807, 2.05) is 6.92 Å². The summed E-state index contributed by atoms with van der Waals surface area (Å²) in [6.07, 6.45) is 17.0. The smallest absolute Gasteiger partial charge is 0.120 e. The summed E-state index contributed by atoms with van der Waals surface area (Å²) in [5.74, 6) is 2.89. The van der Waals surface area contributed by atoms with Gasteiger partial charge >= 0.3 is 0 Å². The van der Waals surface area contributed by atoms with Crippen molar-refractivity contribution < 1.29 is 5.11 Å². The zero-order valence-electron chi connectivity index (χ0n) is 29.6. The summed E-state index contributed by atoms with van der Waals surface area (Å²) in [6.45, 7) is 33.4. The molecule has 6 heteroatoms. The van der Waals surface area contributed by atoms with Crippen molar-refractivity contribution >= 4 is 11.6 Å². The van der Waals surface area contributed by atoms with Gasteiger partial charge in [0.05, 0.1) is 0 Å². The highest BCUT2D eigenvalue weighted by Crippen LogP contribution is 2.26. The Kier molecular flexibility index (Phi) is 39.6. The van der Waals surface area contributed by atoms with Crippen LogP contribution in [0.15, 0.2) is 38.6 Å². The van der Waals surface area contributed by atoms with Crippen molar-refractivity contribution in [3.63, 3.8) is 0 Å². The van der Waals surface area contributed by atoms with Gasteiger partial charge in [0, 0.05) is 23.5 Å². The van der Waals surface area contributed by atoms with E-state index in [-0.39, 0.29) is 18.1 Å². The molecule has 0 heterocycles. The van der Waals surface area contributed by atoms with Crippen molar-refractivity contribution in [2.75, 3.05) is 6.54 Å². The Morgan fingerprint density at radius 3 is 1.83 bits per heavy atom. The third-order valence-corrected chi connectivity index (χ3v) is 8.08. The molecular weight excluding hydrogens is 540 g/mol. The van der Waals surface area contributed by atoms with Gasteiger partial charge in [0.15, 0.2) is 0 Å². The molecule has 0 aliphatic heterocycles. The predicted octanol–water partition coefficient (Wildman–Crippen LogP) is 9.15. The van der Waals surface area contributed by atoms with Crippen LogP contribution in [0.5, 0.6) is 0 Å². The summed E-state index contributed by atoms with van der Waals surface area (Å²) >= 11 is 6.29. The molecule has 1 aliphatic carbocycles. The van der Waals surface area contributed by atoms with E-state index in [2.05, 4.69) is 98.1 Å². The van der Waals surface area contributed by atoms with Crippen molar-refractivity contribution in [2.45, 2.75) is 163 Å². The van der Waals surface area contributed by atoms with Crippen molar-refractivity contribution in [3.8, 4) is 0 Å². The number of unbranched alkanes of at least 4 members (excludes halogenated alkanes) is 1. The predicted molar refractivity (Wildman–Crippen MR) is 194 cm³/mol. The second-order valence-electron chi connectivity index (χ2n) is 12.4. The lowest BCUT2D eigenvalue weighted by atomic mass is 9.90. The summed E-state index contributed by atoms with van der Waals surface area (Å²) in [7, 11) is 0. The third kappa shape index (κ3) is 30.6. The van der Waals surface area contributed by atoms with Crippen LogP contribution < -0.4 is 22.1 Å². The van der Waals surface area contributed by atoms with Gasteiger partial charge in [-0.2, -0.15) is 0 Å². The van der Waals surface area contributed by atoms with Gasteiger partial charge in [-0.05, 0) is 62.6 Å². The molecule has 42 heavy (non-hydrogen) atoms. The zero-order chi connectivity index (χ0) is 33.5. The summed E-state index contributed by atoms with van der Waals surface area (Å²) in [5.41, 5.74) is 10.6. The Balaban J connectivity index is -0.000000257. The van der Waals surface area contributed by atoms with Gasteiger partial charge in [0.1, 0.15) is 6.23 Å². The maximum atomic E-state index is 10.1. The minimum absolute atomic E-state index is 0.00909. The summed E-state index contributed by atoms with van der Waals surface area (Å²) in [5, 5.41) is 17.0. The van der Waals surface area contributed by atoms with E-state index >= 15 is 0 Å². The highest BCUT2D eigenvalue weighted by atomic mass is 35.5. The van der Waals surface area contributed by atoms with Crippen molar-refractivity contribution in [1.29, 1.82) is 0 Å². The molecule has 5 nitrogen and oxygen atoms in total. The Labute approximate surface area is 269 Å². The van der Waals surface area contributed by atoms with Crippen LogP contribution in [-0.4, -0.2) is 41.4 Å². The van der Waals surface area contributed by atoms with Gasteiger partial charge in [-0.1, -0.05) is 119 Å². The second-order valence-corrected chi connectivity index (χ2v) is 12.9. The SMILES string of the molecule is C=C.C=CC(N)C(NC(O)C(C)NCCCC)C(C)C.C=CN.CC1CCCCC1.CCCC(Cl)C(CC)CC(C)C. The fourth-order valence-electron chi connectivity index (χ4n) is 4.85. The molecule has 0 spiro atoms. The van der Waals surface area contributed by atoms with E-state index in [1.54, 1.807) is 6.08 Å². The molecule has 7 N–H and O–H groups in total. The molecule has 0 radical (unpaired) electrons. The van der Waals surface area contributed by atoms with Crippen LogP contribution in [0.2, 0.25) is 0 Å². The van der Waals surface area contributed by atoms with Crippen LogP contribution >= 0.6 is 11.6 Å². The van der Waals surface area contributed by atoms with E-state index in [0.29, 0.717) is 11.3 Å². The monoisotopic (exact) mass is 617 g/mol. The highest BCUT2D eigenvalue weighted by Gasteiger charge is 2.24. The van der Waals surface area contributed by atoms with E-state index in [1.165, 1.54) is 64.0 Å². The number of aliphatic hydroxyl groups is 1. The maximum Gasteiger partial charge on any atom is 0.120 e. The minimum atomic E-state index is -0.597. The number of halogens is 1. The summed E-state index contributed by atoms with van der Waals surface area (Å²) < 4.78 is 0. The van der Waals surface area contributed by atoms with Crippen molar-refractivity contribution in [1.82, 2.24) is 10.6 Å². The minimum Gasteiger partial charge on any atom is -0.405 e. The normalized spacial score (nSPS) is 17.2. The summed E-state index contributed by atoms with van der Waals surface area (Å²) in [4.78, 5) is 0. The quantitative estimate of drug-likeness (QED) is 0.0515. The molecule has 0 aromatic carbocycles. The molecule has 0 amide bonds. The fourth-order valence-corrected chi connectivity index (χ4v) is 5.35. The van der Waals surface area contributed by atoms with Crippen LogP contribution in [0.4, 0.5) is 0 Å². The van der Waals surface area contributed by atoms with Gasteiger partial charge in [-0.25, -0.2) is 0 Å². The van der Waals surface area contributed by atoms with Gasteiger partial charge in [0.25, 0.3) is 0 Å². The Bertz CT molecular complexity index is 555. The first-order valence-electron chi connectivity index (χ1n) is 16.9. The number of hydrogen-bond donors (Lipinski definition) is 5. The van der Waals surface area contributed by atoms with Crippen LogP contribution in [-0.2, 0) is 0 Å². The molecule has 6 atom stereocenters. The second kappa shape index (κ2) is 34.6. The van der Waals surface area contributed by atoms with Crippen molar-refractivity contribution in [2.24, 2.45) is 35.1 Å². The topological polar surface area (TPSA) is 96.3 Å². The van der Waals surface area contributed by atoms with Crippen LogP contribution in [0.3, 0.4) is 0 Å². The van der Waals surface area contributed by atoms with E-state index in [9.17, 15) is 5.11 Å². The first kappa shape index (κ1) is 48.1. The molecule has 254 valence electrons. The summed E-state index contributed by atoms with van der Waals surface area (Å²) in [6, 6.07) is -0.106. The van der Waals surface area contributed by atoms with Crippen molar-refractivity contribution in [3.05, 3.63) is 38.6 Å². The van der Waals surface area contributed by atoms with E-state index in [0.717, 1.165) is 37.1 Å².